The third-order valence-corrected chi connectivity index (χ3v) is 4.72. The van der Waals surface area contributed by atoms with Crippen LogP contribution >= 0.6 is 23.2 Å². The minimum Gasteiger partial charge on any atom is -0.368 e. The highest BCUT2D eigenvalue weighted by molar-refractivity contribution is 6.42. The highest BCUT2D eigenvalue weighted by atomic mass is 35.5. The summed E-state index contributed by atoms with van der Waals surface area (Å²) < 4.78 is 0. The first-order valence-corrected chi connectivity index (χ1v) is 8.26. The third kappa shape index (κ3) is 3.95. The molecule has 2 aromatic rings. The highest BCUT2D eigenvalue weighted by Crippen LogP contribution is 2.27. The summed E-state index contributed by atoms with van der Waals surface area (Å²) in [7, 11) is 0. The van der Waals surface area contributed by atoms with Crippen LogP contribution in [0.5, 0.6) is 0 Å². The van der Waals surface area contributed by atoms with Crippen molar-refractivity contribution in [2.45, 2.75) is 6.42 Å². The van der Waals surface area contributed by atoms with Gasteiger partial charge in [0.2, 0.25) is 5.91 Å². The number of benzene rings is 1. The molecule has 120 valence electrons. The first kappa shape index (κ1) is 16.1. The lowest BCUT2D eigenvalue weighted by atomic mass is 10.1. The molecule has 6 heteroatoms. The summed E-state index contributed by atoms with van der Waals surface area (Å²) in [6, 6.07) is 9.42. The van der Waals surface area contributed by atoms with Crippen molar-refractivity contribution in [3.8, 4) is 0 Å². The van der Waals surface area contributed by atoms with E-state index in [0.717, 1.165) is 24.3 Å². The Bertz CT molecular complexity index is 685. The predicted octanol–water partition coefficient (Wildman–Crippen LogP) is 3.28. The maximum absolute atomic E-state index is 12.4. The molecule has 1 aromatic carbocycles. The van der Waals surface area contributed by atoms with Gasteiger partial charge in [0.05, 0.1) is 16.5 Å². The fourth-order valence-electron chi connectivity index (χ4n) is 2.68. The van der Waals surface area contributed by atoms with Crippen molar-refractivity contribution < 1.29 is 4.79 Å². The molecule has 1 amide bonds. The molecule has 23 heavy (non-hydrogen) atoms. The number of carbonyl (C=O) groups excluding carboxylic acids is 1. The van der Waals surface area contributed by atoms with Gasteiger partial charge in [0, 0.05) is 44.3 Å². The number of carbonyl (C=O) groups is 1. The lowest BCUT2D eigenvalue weighted by Gasteiger charge is -2.36. The number of hydrogen-bond acceptors (Lipinski definition) is 3. The van der Waals surface area contributed by atoms with Crippen LogP contribution in [-0.2, 0) is 11.2 Å². The molecular weight excluding hydrogens is 333 g/mol. The van der Waals surface area contributed by atoms with Crippen LogP contribution in [0, 0.1) is 0 Å². The van der Waals surface area contributed by atoms with Crippen LogP contribution in [0.15, 0.2) is 42.7 Å². The quantitative estimate of drug-likeness (QED) is 0.853. The van der Waals surface area contributed by atoms with Crippen LogP contribution in [0.1, 0.15) is 5.56 Å². The van der Waals surface area contributed by atoms with Crippen LogP contribution in [0.3, 0.4) is 0 Å². The fourth-order valence-corrected chi connectivity index (χ4v) is 2.98. The average molecular weight is 350 g/mol. The van der Waals surface area contributed by atoms with Crippen LogP contribution in [0.4, 0.5) is 5.69 Å². The Morgan fingerprint density at radius 2 is 1.87 bits per heavy atom. The number of aromatic nitrogens is 1. The summed E-state index contributed by atoms with van der Waals surface area (Å²) in [5.41, 5.74) is 1.99. The largest absolute Gasteiger partial charge is 0.368 e. The van der Waals surface area contributed by atoms with E-state index in [1.165, 1.54) is 0 Å². The maximum Gasteiger partial charge on any atom is 0.227 e. The monoisotopic (exact) mass is 349 g/mol. The molecule has 1 aliphatic heterocycles. The summed E-state index contributed by atoms with van der Waals surface area (Å²) in [5, 5.41) is 1.11. The van der Waals surface area contributed by atoms with Crippen molar-refractivity contribution in [1.29, 1.82) is 0 Å². The van der Waals surface area contributed by atoms with Crippen molar-refractivity contribution in [1.82, 2.24) is 9.88 Å². The second kappa shape index (κ2) is 7.20. The third-order valence-electron chi connectivity index (χ3n) is 3.98. The normalized spacial score (nSPS) is 14.9. The number of anilines is 1. The van der Waals surface area contributed by atoms with Gasteiger partial charge < -0.3 is 9.80 Å². The van der Waals surface area contributed by atoms with Gasteiger partial charge in [0.1, 0.15) is 0 Å². The van der Waals surface area contributed by atoms with E-state index < -0.39 is 0 Å². The minimum absolute atomic E-state index is 0.145. The minimum atomic E-state index is 0.145. The molecule has 1 fully saturated rings. The molecule has 1 aromatic heterocycles. The van der Waals surface area contributed by atoms with E-state index in [1.54, 1.807) is 18.5 Å². The van der Waals surface area contributed by atoms with Crippen LogP contribution in [0.25, 0.3) is 0 Å². The standard InChI is InChI=1S/C17H17Cl2N3O/c18-15-4-3-14(11-16(15)19)21-6-8-22(9-7-21)17(23)10-13-2-1-5-20-12-13/h1-5,11-12H,6-10H2. The molecule has 0 N–H and O–H groups in total. The van der Waals surface area contributed by atoms with Gasteiger partial charge in [0.15, 0.2) is 0 Å². The Morgan fingerprint density at radius 3 is 2.52 bits per heavy atom. The van der Waals surface area contributed by atoms with Gasteiger partial charge in [-0.1, -0.05) is 29.3 Å². The lowest BCUT2D eigenvalue weighted by molar-refractivity contribution is -0.130. The van der Waals surface area contributed by atoms with Crippen LogP contribution < -0.4 is 4.90 Å². The molecule has 0 aliphatic carbocycles. The van der Waals surface area contributed by atoms with Gasteiger partial charge in [-0.3, -0.25) is 9.78 Å². The van der Waals surface area contributed by atoms with Crippen LogP contribution in [0.2, 0.25) is 10.0 Å². The smallest absolute Gasteiger partial charge is 0.227 e. The van der Waals surface area contributed by atoms with E-state index in [9.17, 15) is 4.79 Å². The van der Waals surface area contributed by atoms with E-state index in [0.29, 0.717) is 29.6 Å². The predicted molar refractivity (Wildman–Crippen MR) is 93.2 cm³/mol. The first-order valence-electron chi connectivity index (χ1n) is 7.50. The molecule has 1 aliphatic rings. The van der Waals surface area contributed by atoms with Crippen molar-refractivity contribution >= 4 is 34.8 Å². The Labute approximate surface area is 145 Å². The lowest BCUT2D eigenvalue weighted by Crippen LogP contribution is -2.49. The highest BCUT2D eigenvalue weighted by Gasteiger charge is 2.21. The van der Waals surface area contributed by atoms with E-state index in [1.807, 2.05) is 29.2 Å². The number of nitrogens with zero attached hydrogens (tertiary/aromatic N) is 3. The number of halogens is 2. The fraction of sp³-hybridized carbons (Fsp3) is 0.294. The Balaban J connectivity index is 1.57. The van der Waals surface area contributed by atoms with Gasteiger partial charge in [-0.15, -0.1) is 0 Å². The van der Waals surface area contributed by atoms with Gasteiger partial charge in [0.25, 0.3) is 0 Å². The summed E-state index contributed by atoms with van der Waals surface area (Å²) in [4.78, 5) is 20.5. The number of amides is 1. The Morgan fingerprint density at radius 1 is 1.09 bits per heavy atom. The van der Waals surface area contributed by atoms with E-state index in [4.69, 9.17) is 23.2 Å². The maximum atomic E-state index is 12.4. The number of hydrogen-bond donors (Lipinski definition) is 0. The second-order valence-electron chi connectivity index (χ2n) is 5.50. The summed E-state index contributed by atoms with van der Waals surface area (Å²) in [6.07, 6.45) is 3.86. The summed E-state index contributed by atoms with van der Waals surface area (Å²) in [5.74, 6) is 0.145. The molecule has 0 spiro atoms. The number of piperazine rings is 1. The van der Waals surface area contributed by atoms with Crippen LogP contribution in [-0.4, -0.2) is 42.0 Å². The molecule has 1 saturated heterocycles. The first-order chi connectivity index (χ1) is 11.1. The van der Waals surface area contributed by atoms with Crippen molar-refractivity contribution in [2.75, 3.05) is 31.1 Å². The number of pyridine rings is 1. The van der Waals surface area contributed by atoms with E-state index in [-0.39, 0.29) is 5.91 Å². The van der Waals surface area contributed by atoms with Crippen molar-refractivity contribution in [2.24, 2.45) is 0 Å². The molecule has 0 radical (unpaired) electrons. The van der Waals surface area contributed by atoms with Gasteiger partial charge >= 0.3 is 0 Å². The van der Waals surface area contributed by atoms with E-state index >= 15 is 0 Å². The van der Waals surface area contributed by atoms with Crippen molar-refractivity contribution in [3.63, 3.8) is 0 Å². The zero-order valence-corrected chi connectivity index (χ0v) is 14.1. The Kier molecular flexibility index (Phi) is 5.03. The van der Waals surface area contributed by atoms with E-state index in [2.05, 4.69) is 9.88 Å². The van der Waals surface area contributed by atoms with Gasteiger partial charge in [-0.25, -0.2) is 0 Å². The molecular formula is C17H17Cl2N3O. The number of rotatable bonds is 3. The summed E-state index contributed by atoms with van der Waals surface area (Å²) >= 11 is 12.0. The molecule has 3 rings (SSSR count). The molecule has 2 heterocycles. The average Bonchev–Trinajstić information content (AvgIpc) is 2.58. The molecule has 0 atom stereocenters. The topological polar surface area (TPSA) is 36.4 Å². The van der Waals surface area contributed by atoms with Gasteiger partial charge in [-0.2, -0.15) is 0 Å². The zero-order valence-electron chi connectivity index (χ0n) is 12.6. The molecule has 4 nitrogen and oxygen atoms in total. The van der Waals surface area contributed by atoms with Crippen molar-refractivity contribution in [3.05, 3.63) is 58.3 Å². The van der Waals surface area contributed by atoms with Gasteiger partial charge in [-0.05, 0) is 29.8 Å². The summed E-state index contributed by atoms with van der Waals surface area (Å²) in [6.45, 7) is 2.99. The zero-order chi connectivity index (χ0) is 16.2. The molecule has 0 saturated carbocycles. The Hall–Kier alpha value is -1.78. The molecule has 0 bridgehead atoms. The SMILES string of the molecule is O=C(Cc1cccnc1)N1CCN(c2ccc(Cl)c(Cl)c2)CC1. The molecule has 0 unspecified atom stereocenters. The second-order valence-corrected chi connectivity index (χ2v) is 6.32.